The number of halogens is 1. The van der Waals surface area contributed by atoms with E-state index in [9.17, 15) is 4.79 Å². The first-order valence-electron chi connectivity index (χ1n) is 8.77. The number of nitrogens with zero attached hydrogens (tertiary/aromatic N) is 1. The monoisotopic (exact) mass is 416 g/mol. The normalized spacial score (nSPS) is 16.7. The summed E-state index contributed by atoms with van der Waals surface area (Å²) in [7, 11) is 1.59. The first-order valence-corrected chi connectivity index (χ1v) is 9.97. The first-order chi connectivity index (χ1) is 13.4. The van der Waals surface area contributed by atoms with Crippen molar-refractivity contribution >= 4 is 46.2 Å². The third-order valence-corrected chi connectivity index (χ3v) is 5.30. The van der Waals surface area contributed by atoms with Gasteiger partial charge in [-0.3, -0.25) is 4.79 Å². The van der Waals surface area contributed by atoms with E-state index in [0.717, 1.165) is 16.8 Å². The summed E-state index contributed by atoms with van der Waals surface area (Å²) in [6, 6.07) is 11.1. The van der Waals surface area contributed by atoms with Gasteiger partial charge in [-0.15, -0.1) is 0 Å². The Balaban J connectivity index is 1.93. The number of hydrogen-bond donors (Lipinski definition) is 1. The number of nitrogens with one attached hydrogen (secondary N) is 1. The number of carbonyl (C=O) groups is 1. The Hall–Kier alpha value is -2.44. The number of amidine groups is 1. The van der Waals surface area contributed by atoms with Crippen molar-refractivity contribution in [3.8, 4) is 11.5 Å². The Morgan fingerprint density at radius 2 is 1.96 bits per heavy atom. The second kappa shape index (κ2) is 8.71. The largest absolute Gasteiger partial charge is 0.493 e. The molecule has 0 atom stereocenters. The third kappa shape index (κ3) is 4.51. The van der Waals surface area contributed by atoms with Crippen molar-refractivity contribution in [1.29, 1.82) is 0 Å². The molecule has 1 aliphatic rings. The fourth-order valence-corrected chi connectivity index (χ4v) is 3.61. The molecule has 146 valence electrons. The van der Waals surface area contributed by atoms with Crippen molar-refractivity contribution in [2.75, 3.05) is 7.11 Å². The minimum absolute atomic E-state index is 0.0264. The van der Waals surface area contributed by atoms with E-state index >= 15 is 0 Å². The van der Waals surface area contributed by atoms with Gasteiger partial charge in [0.1, 0.15) is 0 Å². The van der Waals surface area contributed by atoms with Crippen LogP contribution in [0.15, 0.2) is 46.3 Å². The molecule has 0 spiro atoms. The van der Waals surface area contributed by atoms with Crippen LogP contribution in [-0.2, 0) is 4.79 Å². The summed E-state index contributed by atoms with van der Waals surface area (Å²) in [5.41, 5.74) is 2.36. The lowest BCUT2D eigenvalue weighted by Gasteiger charge is -2.16. The van der Waals surface area contributed by atoms with Crippen LogP contribution in [0.1, 0.15) is 25.0 Å². The number of aliphatic imine (C=N–C) groups is 1. The van der Waals surface area contributed by atoms with Gasteiger partial charge in [0, 0.05) is 10.6 Å². The molecule has 2 aromatic carbocycles. The molecule has 1 aliphatic heterocycles. The van der Waals surface area contributed by atoms with Crippen LogP contribution in [0, 0.1) is 6.92 Å². The van der Waals surface area contributed by atoms with Gasteiger partial charge in [0.25, 0.3) is 5.91 Å². The number of carbonyl (C=O) groups excluding carboxylic acids is 1. The Morgan fingerprint density at radius 3 is 2.68 bits per heavy atom. The predicted octanol–water partition coefficient (Wildman–Crippen LogP) is 5.34. The molecule has 0 unspecified atom stereocenters. The van der Waals surface area contributed by atoms with Crippen molar-refractivity contribution in [2.24, 2.45) is 4.99 Å². The number of methoxy groups -OCH3 is 1. The fraction of sp³-hybridized carbons (Fsp3) is 0.238. The lowest BCUT2D eigenvalue weighted by atomic mass is 10.1. The van der Waals surface area contributed by atoms with Crippen LogP contribution >= 0.6 is 23.4 Å². The highest BCUT2D eigenvalue weighted by atomic mass is 35.5. The Labute approximate surface area is 173 Å². The molecule has 2 aromatic rings. The summed E-state index contributed by atoms with van der Waals surface area (Å²) in [4.78, 5) is 17.5. The highest BCUT2D eigenvalue weighted by molar-refractivity contribution is 8.18. The number of ether oxygens (including phenoxy) is 2. The minimum atomic E-state index is -0.207. The molecule has 1 amide bonds. The van der Waals surface area contributed by atoms with Crippen molar-refractivity contribution < 1.29 is 14.3 Å². The number of thioether (sulfide) groups is 1. The lowest BCUT2D eigenvalue weighted by molar-refractivity contribution is -0.115. The van der Waals surface area contributed by atoms with Crippen LogP contribution in [0.3, 0.4) is 0 Å². The summed E-state index contributed by atoms with van der Waals surface area (Å²) >= 11 is 7.43. The smallest absolute Gasteiger partial charge is 0.264 e. The van der Waals surface area contributed by atoms with E-state index in [1.807, 2.05) is 57.2 Å². The van der Waals surface area contributed by atoms with Gasteiger partial charge in [-0.1, -0.05) is 29.8 Å². The van der Waals surface area contributed by atoms with Crippen LogP contribution in [0.2, 0.25) is 5.02 Å². The average molecular weight is 417 g/mol. The second-order valence-corrected chi connectivity index (χ2v) is 7.85. The number of amides is 1. The Kier molecular flexibility index (Phi) is 6.31. The molecule has 0 bridgehead atoms. The molecule has 0 saturated carbocycles. The highest BCUT2D eigenvalue weighted by Crippen LogP contribution is 2.36. The molecule has 3 rings (SSSR count). The van der Waals surface area contributed by atoms with E-state index in [-0.39, 0.29) is 12.0 Å². The topological polar surface area (TPSA) is 59.9 Å². The maximum atomic E-state index is 12.4. The number of rotatable bonds is 5. The predicted molar refractivity (Wildman–Crippen MR) is 116 cm³/mol. The molecule has 5 nitrogen and oxygen atoms in total. The zero-order valence-electron chi connectivity index (χ0n) is 16.1. The molecule has 7 heteroatoms. The van der Waals surface area contributed by atoms with E-state index in [0.29, 0.717) is 26.6 Å². The highest BCUT2D eigenvalue weighted by Gasteiger charge is 2.25. The van der Waals surface area contributed by atoms with Crippen LogP contribution in [-0.4, -0.2) is 24.3 Å². The van der Waals surface area contributed by atoms with Crippen molar-refractivity contribution in [3.05, 3.63) is 57.5 Å². The quantitative estimate of drug-likeness (QED) is 0.668. The van der Waals surface area contributed by atoms with E-state index in [2.05, 4.69) is 10.3 Å². The first kappa shape index (κ1) is 20.3. The van der Waals surface area contributed by atoms with Crippen molar-refractivity contribution in [3.63, 3.8) is 0 Å². The van der Waals surface area contributed by atoms with Crippen molar-refractivity contribution in [2.45, 2.75) is 26.9 Å². The number of hydrogen-bond acceptors (Lipinski definition) is 5. The summed E-state index contributed by atoms with van der Waals surface area (Å²) in [6.07, 6.45) is 1.76. The number of para-hydroxylation sites is 1. The van der Waals surface area contributed by atoms with E-state index in [1.54, 1.807) is 13.2 Å². The summed E-state index contributed by atoms with van der Waals surface area (Å²) in [6.45, 7) is 5.78. The zero-order chi connectivity index (χ0) is 20.3. The van der Waals surface area contributed by atoms with Crippen LogP contribution in [0.5, 0.6) is 11.5 Å². The van der Waals surface area contributed by atoms with E-state index < -0.39 is 0 Å². The molecule has 1 N–H and O–H groups in total. The molecule has 1 saturated heterocycles. The molecular formula is C21H21ClN2O3S. The van der Waals surface area contributed by atoms with Gasteiger partial charge in [-0.2, -0.15) is 0 Å². The third-order valence-electron chi connectivity index (χ3n) is 3.98. The minimum Gasteiger partial charge on any atom is -0.493 e. The Morgan fingerprint density at radius 1 is 1.21 bits per heavy atom. The average Bonchev–Trinajstić information content (AvgIpc) is 2.99. The van der Waals surface area contributed by atoms with Gasteiger partial charge in [0.15, 0.2) is 16.7 Å². The zero-order valence-corrected chi connectivity index (χ0v) is 17.6. The van der Waals surface area contributed by atoms with Gasteiger partial charge in [0.2, 0.25) is 0 Å². The molecule has 0 aliphatic carbocycles. The van der Waals surface area contributed by atoms with Crippen LogP contribution < -0.4 is 14.8 Å². The maximum Gasteiger partial charge on any atom is 0.264 e. The van der Waals surface area contributed by atoms with E-state index in [4.69, 9.17) is 21.1 Å². The van der Waals surface area contributed by atoms with Gasteiger partial charge in [-0.05, 0) is 62.4 Å². The van der Waals surface area contributed by atoms with Gasteiger partial charge < -0.3 is 14.8 Å². The lowest BCUT2D eigenvalue weighted by Crippen LogP contribution is -2.19. The van der Waals surface area contributed by atoms with Crippen molar-refractivity contribution in [1.82, 2.24) is 5.32 Å². The van der Waals surface area contributed by atoms with Gasteiger partial charge in [0.05, 0.1) is 23.8 Å². The second-order valence-electron chi connectivity index (χ2n) is 6.41. The van der Waals surface area contributed by atoms with Gasteiger partial charge in [-0.25, -0.2) is 4.99 Å². The molecule has 0 radical (unpaired) electrons. The summed E-state index contributed by atoms with van der Waals surface area (Å²) in [5, 5.41) is 3.95. The molecule has 1 fully saturated rings. The fourth-order valence-electron chi connectivity index (χ4n) is 2.62. The molecular weight excluding hydrogens is 396 g/mol. The number of benzene rings is 2. The SMILES string of the molecule is COc1cccc(/C=C2\SC(=Nc3cccc(Cl)c3C)NC2=O)c1OC(C)C. The Bertz CT molecular complexity index is 970. The maximum absolute atomic E-state index is 12.4. The molecule has 0 aromatic heterocycles. The molecule has 1 heterocycles. The van der Waals surface area contributed by atoms with E-state index in [1.165, 1.54) is 11.8 Å². The van der Waals surface area contributed by atoms with Crippen LogP contribution in [0.4, 0.5) is 5.69 Å². The van der Waals surface area contributed by atoms with Crippen LogP contribution in [0.25, 0.3) is 6.08 Å². The summed E-state index contributed by atoms with van der Waals surface area (Å²) in [5.74, 6) is 1.02. The summed E-state index contributed by atoms with van der Waals surface area (Å²) < 4.78 is 11.3. The standard InChI is InChI=1S/C21H21ClN2O3S/c1-12(2)27-19-14(7-5-10-17(19)26-4)11-18-20(25)24-21(28-18)23-16-9-6-8-15(22)13(16)3/h5-12H,1-4H3,(H,23,24,25)/b18-11-. The molecule has 28 heavy (non-hydrogen) atoms. The van der Waals surface area contributed by atoms with Gasteiger partial charge >= 0.3 is 0 Å².